The van der Waals surface area contributed by atoms with Gasteiger partial charge >= 0.3 is 0 Å². The molecule has 1 atom stereocenters. The minimum absolute atomic E-state index is 0.112. The quantitative estimate of drug-likeness (QED) is 0.511. The van der Waals surface area contributed by atoms with Gasteiger partial charge in [-0.1, -0.05) is 46.5 Å². The smallest absolute Gasteiger partial charge is 0.256 e. The lowest BCUT2D eigenvalue weighted by Gasteiger charge is -2.28. The normalized spacial score (nSPS) is 13.3. The summed E-state index contributed by atoms with van der Waals surface area (Å²) < 4.78 is 11.4. The molecule has 142 valence electrons. The first-order valence-electron chi connectivity index (χ1n) is 9.60. The highest BCUT2D eigenvalue weighted by Gasteiger charge is 2.33. The van der Waals surface area contributed by atoms with E-state index in [0.717, 1.165) is 44.9 Å². The Balaban J connectivity index is 2.64. The molecule has 1 heterocycles. The summed E-state index contributed by atoms with van der Waals surface area (Å²) in [6.45, 7) is 9.44. The molecule has 0 aliphatic carbocycles. The number of hydrogen-bond donors (Lipinski definition) is 1. The summed E-state index contributed by atoms with van der Waals surface area (Å²) in [5, 5.41) is 2.93. The summed E-state index contributed by atoms with van der Waals surface area (Å²) >= 11 is 0. The fraction of sp³-hybridized carbons (Fsp3) is 0.700. The molecule has 0 bridgehead atoms. The van der Waals surface area contributed by atoms with Gasteiger partial charge in [-0.2, -0.15) is 0 Å². The maximum atomic E-state index is 12.7. The molecule has 1 unspecified atom stereocenters. The third kappa shape index (κ3) is 7.86. The molecule has 1 amide bonds. The Hall–Kier alpha value is -1.62. The van der Waals surface area contributed by atoms with Crippen LogP contribution in [0, 0.1) is 0 Å². The molecule has 5 heteroatoms. The van der Waals surface area contributed by atoms with E-state index in [-0.39, 0.29) is 5.91 Å². The minimum Gasteiger partial charge on any atom is -0.478 e. The van der Waals surface area contributed by atoms with E-state index in [1.165, 1.54) is 0 Å². The van der Waals surface area contributed by atoms with Crippen LogP contribution >= 0.6 is 0 Å². The second kappa shape index (κ2) is 11.9. The average Bonchev–Trinajstić information content (AvgIpc) is 2.62. The summed E-state index contributed by atoms with van der Waals surface area (Å²) in [6, 6.07) is 3.60. The van der Waals surface area contributed by atoms with Crippen LogP contribution in [0.3, 0.4) is 0 Å². The van der Waals surface area contributed by atoms with Crippen LogP contribution in [0.25, 0.3) is 0 Å². The number of ether oxygens (including phenoxy) is 2. The Bertz CT molecular complexity index is 490. The predicted octanol–water partition coefficient (Wildman–Crippen LogP) is 4.96. The maximum Gasteiger partial charge on any atom is 0.256 e. The zero-order chi connectivity index (χ0) is 18.5. The van der Waals surface area contributed by atoms with Gasteiger partial charge in [0.25, 0.3) is 5.91 Å². The molecule has 0 spiro atoms. The zero-order valence-electron chi connectivity index (χ0n) is 16.3. The van der Waals surface area contributed by atoms with E-state index in [4.69, 9.17) is 9.47 Å². The molecule has 25 heavy (non-hydrogen) atoms. The molecular formula is C20H34N2O3. The summed E-state index contributed by atoms with van der Waals surface area (Å²) in [4.78, 5) is 17.0. The van der Waals surface area contributed by atoms with E-state index in [0.29, 0.717) is 24.8 Å². The largest absolute Gasteiger partial charge is 0.478 e. The first-order chi connectivity index (χ1) is 12.1. The van der Waals surface area contributed by atoms with Crippen molar-refractivity contribution in [1.82, 2.24) is 4.98 Å². The lowest BCUT2D eigenvalue weighted by atomic mass is 9.96. The van der Waals surface area contributed by atoms with E-state index in [2.05, 4.69) is 24.1 Å². The fourth-order valence-corrected chi connectivity index (χ4v) is 2.41. The van der Waals surface area contributed by atoms with Crippen LogP contribution in [-0.2, 0) is 9.53 Å². The van der Waals surface area contributed by atoms with Crippen molar-refractivity contribution in [3.8, 4) is 5.88 Å². The lowest BCUT2D eigenvalue weighted by Crippen LogP contribution is -2.43. The molecular weight excluding hydrogens is 316 g/mol. The number of nitrogens with zero attached hydrogens (tertiary/aromatic N) is 1. The van der Waals surface area contributed by atoms with Crippen molar-refractivity contribution in [3.63, 3.8) is 0 Å². The van der Waals surface area contributed by atoms with E-state index in [1.807, 2.05) is 19.9 Å². The second-order valence-corrected chi connectivity index (χ2v) is 6.58. The van der Waals surface area contributed by atoms with Gasteiger partial charge in [0.2, 0.25) is 5.88 Å². The van der Waals surface area contributed by atoms with Crippen LogP contribution in [0.2, 0.25) is 0 Å². The lowest BCUT2D eigenvalue weighted by molar-refractivity contribution is -0.140. The maximum absolute atomic E-state index is 12.7. The Labute approximate surface area is 152 Å². The number of anilines is 1. The molecule has 0 saturated heterocycles. The van der Waals surface area contributed by atoms with Gasteiger partial charge in [-0.15, -0.1) is 0 Å². The molecule has 5 nitrogen and oxygen atoms in total. The third-order valence-electron chi connectivity index (χ3n) is 4.10. The number of unbranched alkanes of at least 4 members (excludes halogenated alkanes) is 3. The van der Waals surface area contributed by atoms with Crippen molar-refractivity contribution in [2.75, 3.05) is 18.5 Å². The molecule has 1 aromatic rings. The molecule has 1 aromatic heterocycles. The number of pyridine rings is 1. The van der Waals surface area contributed by atoms with E-state index < -0.39 is 5.60 Å². The van der Waals surface area contributed by atoms with Gasteiger partial charge in [-0.05, 0) is 32.3 Å². The summed E-state index contributed by atoms with van der Waals surface area (Å²) in [7, 11) is 0. The SMILES string of the molecule is CCCCCC(C)(OCCC)C(=O)Nc1ccc(OCCCC)nc1. The topological polar surface area (TPSA) is 60.5 Å². The van der Waals surface area contributed by atoms with E-state index in [9.17, 15) is 4.79 Å². The molecule has 0 radical (unpaired) electrons. The van der Waals surface area contributed by atoms with Gasteiger partial charge < -0.3 is 14.8 Å². The Kier molecular flexibility index (Phi) is 10.2. The highest BCUT2D eigenvalue weighted by molar-refractivity contribution is 5.96. The van der Waals surface area contributed by atoms with Gasteiger partial charge in [-0.3, -0.25) is 4.79 Å². The number of amides is 1. The van der Waals surface area contributed by atoms with Crippen molar-refractivity contribution in [3.05, 3.63) is 18.3 Å². The molecule has 0 aliphatic heterocycles. The summed E-state index contributed by atoms with van der Waals surface area (Å²) in [5.41, 5.74) is -0.142. The Morgan fingerprint density at radius 3 is 2.44 bits per heavy atom. The van der Waals surface area contributed by atoms with E-state index >= 15 is 0 Å². The monoisotopic (exact) mass is 350 g/mol. The van der Waals surface area contributed by atoms with Gasteiger partial charge in [-0.25, -0.2) is 4.98 Å². The van der Waals surface area contributed by atoms with Gasteiger partial charge in [0.05, 0.1) is 18.5 Å². The molecule has 1 N–H and O–H groups in total. The Morgan fingerprint density at radius 2 is 1.84 bits per heavy atom. The van der Waals surface area contributed by atoms with Gasteiger partial charge in [0.15, 0.2) is 0 Å². The zero-order valence-corrected chi connectivity index (χ0v) is 16.3. The standard InChI is InChI=1S/C20H34N2O3/c1-5-8-10-13-20(4,25-14-7-3)19(23)22-17-11-12-18(21-16-17)24-15-9-6-2/h11-12,16H,5-10,13-15H2,1-4H3,(H,22,23). The number of carbonyl (C=O) groups is 1. The minimum atomic E-state index is -0.804. The highest BCUT2D eigenvalue weighted by atomic mass is 16.5. The third-order valence-corrected chi connectivity index (χ3v) is 4.10. The summed E-state index contributed by atoms with van der Waals surface area (Å²) in [5.74, 6) is 0.470. The van der Waals surface area contributed by atoms with Crippen LogP contribution in [0.15, 0.2) is 18.3 Å². The number of carbonyl (C=O) groups excluding carboxylic acids is 1. The molecule has 1 rings (SSSR count). The van der Waals surface area contributed by atoms with Gasteiger partial charge in [0.1, 0.15) is 5.60 Å². The Morgan fingerprint density at radius 1 is 1.08 bits per heavy atom. The van der Waals surface area contributed by atoms with Crippen molar-refractivity contribution in [2.45, 2.75) is 78.2 Å². The second-order valence-electron chi connectivity index (χ2n) is 6.58. The molecule has 0 aliphatic rings. The number of aromatic nitrogens is 1. The van der Waals surface area contributed by atoms with Crippen LogP contribution < -0.4 is 10.1 Å². The van der Waals surface area contributed by atoms with Crippen LogP contribution in [0.4, 0.5) is 5.69 Å². The number of rotatable bonds is 13. The molecule has 0 fully saturated rings. The first-order valence-corrected chi connectivity index (χ1v) is 9.60. The van der Waals surface area contributed by atoms with Crippen LogP contribution in [-0.4, -0.2) is 29.7 Å². The van der Waals surface area contributed by atoms with Crippen LogP contribution in [0.5, 0.6) is 5.88 Å². The first kappa shape index (κ1) is 21.4. The highest BCUT2D eigenvalue weighted by Crippen LogP contribution is 2.23. The molecule has 0 saturated carbocycles. The summed E-state index contributed by atoms with van der Waals surface area (Å²) in [6.07, 6.45) is 8.53. The van der Waals surface area contributed by atoms with Crippen LogP contribution in [0.1, 0.15) is 72.6 Å². The number of hydrogen-bond acceptors (Lipinski definition) is 4. The average molecular weight is 351 g/mol. The van der Waals surface area contributed by atoms with Gasteiger partial charge in [0, 0.05) is 12.7 Å². The van der Waals surface area contributed by atoms with E-state index in [1.54, 1.807) is 12.3 Å². The molecule has 0 aromatic carbocycles. The predicted molar refractivity (Wildman–Crippen MR) is 102 cm³/mol. The number of nitrogens with one attached hydrogen (secondary N) is 1. The van der Waals surface area contributed by atoms with Crippen molar-refractivity contribution in [2.24, 2.45) is 0 Å². The van der Waals surface area contributed by atoms with Crippen molar-refractivity contribution in [1.29, 1.82) is 0 Å². The van der Waals surface area contributed by atoms with Crippen molar-refractivity contribution < 1.29 is 14.3 Å². The van der Waals surface area contributed by atoms with Crippen molar-refractivity contribution >= 4 is 11.6 Å². The fourth-order valence-electron chi connectivity index (χ4n) is 2.41.